The lowest BCUT2D eigenvalue weighted by Gasteiger charge is -2.36. The quantitative estimate of drug-likeness (QED) is 0.394. The minimum absolute atomic E-state index is 0.104. The molecule has 0 saturated carbocycles. The summed E-state index contributed by atoms with van der Waals surface area (Å²) in [6, 6.07) is 7.02. The summed E-state index contributed by atoms with van der Waals surface area (Å²) in [5.41, 5.74) is -0.376. The number of hydrogen-bond donors (Lipinski definition) is 3. The van der Waals surface area contributed by atoms with Crippen molar-refractivity contribution in [1.29, 1.82) is 0 Å². The number of amides is 4. The van der Waals surface area contributed by atoms with Crippen LogP contribution in [-0.4, -0.2) is 64.5 Å². The number of benzene rings is 1. The Morgan fingerprint density at radius 1 is 0.974 bits per heavy atom. The number of rotatable bonds is 10. The van der Waals surface area contributed by atoms with Crippen LogP contribution in [0.5, 0.6) is 0 Å². The van der Waals surface area contributed by atoms with Gasteiger partial charge in [0.2, 0.25) is 23.6 Å². The van der Waals surface area contributed by atoms with Crippen LogP contribution in [0.25, 0.3) is 0 Å². The maximum atomic E-state index is 13.9. The highest BCUT2D eigenvalue weighted by Gasteiger charge is 2.44. The van der Waals surface area contributed by atoms with Gasteiger partial charge in [0.1, 0.15) is 29.4 Å². The molecule has 2 fully saturated rings. The Morgan fingerprint density at radius 2 is 1.69 bits per heavy atom. The zero-order chi connectivity index (χ0) is 28.6. The standard InChI is InChI=1S/C30H44N4O5/c1-5-22(35)15-11-8-12-16-23-26(36)33-30(4,6-2)29(39)32-24(18-21-13-9-7-10-14-21)28(38)34-19-20(3)17-25(34)27(37)31-23/h7,9-10,13-14,20,23-25H,5-6,8,11-12,15-19H2,1-4H3,(H,31,37)(H,32,39)(H,33,36)/t20-,23-,24-,25+,30-/m0/s1. The molecule has 1 aromatic carbocycles. The molecule has 2 saturated heterocycles. The van der Waals surface area contributed by atoms with Crippen LogP contribution < -0.4 is 16.0 Å². The van der Waals surface area contributed by atoms with Gasteiger partial charge in [-0.3, -0.25) is 24.0 Å². The smallest absolute Gasteiger partial charge is 0.246 e. The minimum Gasteiger partial charge on any atom is -0.343 e. The van der Waals surface area contributed by atoms with Crippen molar-refractivity contribution in [3.8, 4) is 0 Å². The van der Waals surface area contributed by atoms with Gasteiger partial charge in [0, 0.05) is 25.8 Å². The van der Waals surface area contributed by atoms with Gasteiger partial charge in [0.05, 0.1) is 0 Å². The highest BCUT2D eigenvalue weighted by molar-refractivity contribution is 5.99. The van der Waals surface area contributed by atoms with Gasteiger partial charge in [-0.25, -0.2) is 0 Å². The SMILES string of the molecule is CCC(=O)CCCCC[C@@H]1NC(=O)[C@H]2C[C@H](C)CN2C(=O)[C@H](Cc2ccccc2)NC(=O)[C@](C)(CC)NC1=O. The molecule has 3 rings (SSSR count). The van der Waals surface area contributed by atoms with E-state index in [1.807, 2.05) is 44.2 Å². The second-order valence-electron chi connectivity index (χ2n) is 11.3. The molecule has 4 amide bonds. The van der Waals surface area contributed by atoms with Crippen LogP contribution in [0.15, 0.2) is 30.3 Å². The van der Waals surface area contributed by atoms with E-state index in [0.29, 0.717) is 45.1 Å². The van der Waals surface area contributed by atoms with Crippen LogP contribution in [0.1, 0.15) is 84.6 Å². The van der Waals surface area contributed by atoms with Crippen molar-refractivity contribution in [3.05, 3.63) is 35.9 Å². The summed E-state index contributed by atoms with van der Waals surface area (Å²) in [5, 5.41) is 8.70. The fraction of sp³-hybridized carbons (Fsp3) is 0.633. The van der Waals surface area contributed by atoms with Crippen molar-refractivity contribution in [1.82, 2.24) is 20.9 Å². The van der Waals surface area contributed by atoms with Crippen molar-refractivity contribution in [2.75, 3.05) is 6.54 Å². The summed E-state index contributed by atoms with van der Waals surface area (Å²) in [5.74, 6) is -1.18. The molecular formula is C30H44N4O5. The zero-order valence-corrected chi connectivity index (χ0v) is 23.8. The summed E-state index contributed by atoms with van der Waals surface area (Å²) in [6.07, 6.45) is 4.61. The highest BCUT2D eigenvalue weighted by Crippen LogP contribution is 2.26. The molecule has 2 heterocycles. The Bertz CT molecular complexity index is 1050. The molecule has 1 aromatic rings. The summed E-state index contributed by atoms with van der Waals surface area (Å²) in [7, 11) is 0. The predicted octanol–water partition coefficient (Wildman–Crippen LogP) is 2.66. The molecule has 0 bridgehead atoms. The van der Waals surface area contributed by atoms with E-state index < -0.39 is 35.5 Å². The normalized spacial score (nSPS) is 28.1. The molecule has 0 spiro atoms. The van der Waals surface area contributed by atoms with Crippen LogP contribution in [0.2, 0.25) is 0 Å². The first kappa shape index (κ1) is 30.3. The molecule has 214 valence electrons. The van der Waals surface area contributed by atoms with Gasteiger partial charge in [-0.2, -0.15) is 0 Å². The number of nitrogens with zero attached hydrogens (tertiary/aromatic N) is 1. The van der Waals surface area contributed by atoms with Gasteiger partial charge in [-0.1, -0.05) is 63.9 Å². The fourth-order valence-corrected chi connectivity index (χ4v) is 5.33. The molecule has 3 N–H and O–H groups in total. The molecular weight excluding hydrogens is 496 g/mol. The van der Waals surface area contributed by atoms with E-state index in [4.69, 9.17) is 0 Å². The first-order valence-electron chi connectivity index (χ1n) is 14.4. The zero-order valence-electron chi connectivity index (χ0n) is 23.8. The lowest BCUT2D eigenvalue weighted by molar-refractivity contribution is -0.144. The number of fused-ring (bicyclic) bond motifs is 1. The van der Waals surface area contributed by atoms with Gasteiger partial charge in [-0.15, -0.1) is 0 Å². The highest BCUT2D eigenvalue weighted by atomic mass is 16.2. The van der Waals surface area contributed by atoms with Crippen molar-refractivity contribution < 1.29 is 24.0 Å². The molecule has 0 aliphatic carbocycles. The van der Waals surface area contributed by atoms with E-state index in [2.05, 4.69) is 16.0 Å². The molecule has 39 heavy (non-hydrogen) atoms. The third-order valence-electron chi connectivity index (χ3n) is 8.07. The first-order chi connectivity index (χ1) is 18.6. The molecule has 9 nitrogen and oxygen atoms in total. The number of nitrogens with one attached hydrogen (secondary N) is 3. The third-order valence-corrected chi connectivity index (χ3v) is 8.07. The van der Waals surface area contributed by atoms with Gasteiger partial charge in [-0.05, 0) is 44.1 Å². The van der Waals surface area contributed by atoms with Gasteiger partial charge < -0.3 is 20.9 Å². The van der Waals surface area contributed by atoms with E-state index in [1.54, 1.807) is 18.7 Å². The Balaban J connectivity index is 1.87. The van der Waals surface area contributed by atoms with E-state index in [0.717, 1.165) is 18.4 Å². The Morgan fingerprint density at radius 3 is 2.36 bits per heavy atom. The van der Waals surface area contributed by atoms with Gasteiger partial charge in [0.15, 0.2) is 0 Å². The number of unbranched alkanes of at least 4 members (excludes halogenated alkanes) is 2. The summed E-state index contributed by atoms with van der Waals surface area (Å²) in [6.45, 7) is 7.69. The Labute approximate surface area is 231 Å². The van der Waals surface area contributed by atoms with E-state index in [1.165, 1.54) is 0 Å². The molecule has 5 atom stereocenters. The number of carbonyl (C=O) groups is 5. The lowest BCUT2D eigenvalue weighted by Crippen LogP contribution is -2.65. The van der Waals surface area contributed by atoms with Crippen molar-refractivity contribution in [2.45, 2.75) is 109 Å². The minimum atomic E-state index is -1.26. The maximum absolute atomic E-state index is 13.9. The molecule has 0 aromatic heterocycles. The average molecular weight is 541 g/mol. The topological polar surface area (TPSA) is 125 Å². The lowest BCUT2D eigenvalue weighted by atomic mass is 9.94. The molecule has 2 aliphatic heterocycles. The second kappa shape index (κ2) is 13.7. The van der Waals surface area contributed by atoms with Gasteiger partial charge in [0.25, 0.3) is 0 Å². The van der Waals surface area contributed by atoms with Crippen LogP contribution in [-0.2, 0) is 30.4 Å². The number of Topliss-reactive ketones (excluding diaryl/α,β-unsaturated/α-hetero) is 1. The maximum Gasteiger partial charge on any atom is 0.246 e. The molecule has 0 unspecified atom stereocenters. The van der Waals surface area contributed by atoms with E-state index in [-0.39, 0.29) is 29.9 Å². The summed E-state index contributed by atoms with van der Waals surface area (Å²) in [4.78, 5) is 67.6. The molecule has 2 aliphatic rings. The summed E-state index contributed by atoms with van der Waals surface area (Å²) < 4.78 is 0. The van der Waals surface area contributed by atoms with Crippen molar-refractivity contribution >= 4 is 29.4 Å². The summed E-state index contributed by atoms with van der Waals surface area (Å²) >= 11 is 0. The number of hydrogen-bond acceptors (Lipinski definition) is 5. The first-order valence-corrected chi connectivity index (χ1v) is 14.4. The second-order valence-corrected chi connectivity index (χ2v) is 11.3. The Hall–Kier alpha value is -3.23. The van der Waals surface area contributed by atoms with Crippen LogP contribution in [0.4, 0.5) is 0 Å². The average Bonchev–Trinajstić information content (AvgIpc) is 3.32. The third kappa shape index (κ3) is 7.90. The monoisotopic (exact) mass is 540 g/mol. The van der Waals surface area contributed by atoms with Gasteiger partial charge >= 0.3 is 0 Å². The molecule has 9 heteroatoms. The van der Waals surface area contributed by atoms with Crippen LogP contribution >= 0.6 is 0 Å². The largest absolute Gasteiger partial charge is 0.343 e. The van der Waals surface area contributed by atoms with Crippen LogP contribution in [0, 0.1) is 5.92 Å². The van der Waals surface area contributed by atoms with E-state index in [9.17, 15) is 24.0 Å². The predicted molar refractivity (Wildman–Crippen MR) is 149 cm³/mol. The number of carbonyl (C=O) groups excluding carboxylic acids is 5. The Kier molecular flexibility index (Phi) is 10.7. The number of ketones is 1. The van der Waals surface area contributed by atoms with Crippen molar-refractivity contribution in [3.63, 3.8) is 0 Å². The van der Waals surface area contributed by atoms with E-state index >= 15 is 0 Å². The van der Waals surface area contributed by atoms with Crippen molar-refractivity contribution in [2.24, 2.45) is 5.92 Å². The fourth-order valence-electron chi connectivity index (χ4n) is 5.33. The molecule has 0 radical (unpaired) electrons. The van der Waals surface area contributed by atoms with Crippen LogP contribution in [0.3, 0.4) is 0 Å².